The van der Waals surface area contributed by atoms with Crippen LogP contribution in [0.1, 0.15) is 18.1 Å². The quantitative estimate of drug-likeness (QED) is 0.395. The van der Waals surface area contributed by atoms with Gasteiger partial charge in [0.2, 0.25) is 0 Å². The number of aryl methyl sites for hydroxylation is 1. The van der Waals surface area contributed by atoms with Gasteiger partial charge in [0.1, 0.15) is 5.75 Å². The molecular weight excluding hydrogens is 282 g/mol. The van der Waals surface area contributed by atoms with E-state index in [0.29, 0.717) is 11.3 Å². The van der Waals surface area contributed by atoms with Gasteiger partial charge in [0.15, 0.2) is 11.9 Å². The summed E-state index contributed by atoms with van der Waals surface area (Å²) >= 11 is 0. The molecule has 1 atom stereocenters. The van der Waals surface area contributed by atoms with E-state index in [1.165, 1.54) is 6.20 Å². The molecule has 0 aliphatic rings. The van der Waals surface area contributed by atoms with Gasteiger partial charge < -0.3 is 15.3 Å². The minimum Gasteiger partial charge on any atom is -0.479 e. The largest absolute Gasteiger partial charge is 0.479 e. The van der Waals surface area contributed by atoms with Gasteiger partial charge in [0.05, 0.1) is 0 Å². The third-order valence-corrected chi connectivity index (χ3v) is 2.83. The minimum absolute atomic E-state index is 0.0733. The van der Waals surface area contributed by atoms with Gasteiger partial charge in [-0.3, -0.25) is 4.98 Å². The molecule has 1 unspecified atom stereocenters. The lowest BCUT2D eigenvalue weighted by molar-refractivity contribution is -0.151. The van der Waals surface area contributed by atoms with Crippen LogP contribution in [0.4, 0.5) is 0 Å². The van der Waals surface area contributed by atoms with E-state index in [0.717, 1.165) is 5.56 Å². The predicted molar refractivity (Wildman–Crippen MR) is 82.3 cm³/mol. The van der Waals surface area contributed by atoms with E-state index in [1.807, 2.05) is 25.1 Å². The van der Waals surface area contributed by atoms with E-state index >= 15 is 0 Å². The predicted octanol–water partition coefficient (Wildman–Crippen LogP) is 2.02. The summed E-state index contributed by atoms with van der Waals surface area (Å²) in [6, 6.07) is 10.8. The molecule has 1 aromatic heterocycles. The molecule has 0 bridgehead atoms. The molecule has 0 aliphatic heterocycles. The molecule has 114 valence electrons. The first kappa shape index (κ1) is 15.5. The summed E-state index contributed by atoms with van der Waals surface area (Å²) in [7, 11) is 0. The molecule has 22 heavy (non-hydrogen) atoms. The van der Waals surface area contributed by atoms with E-state index in [-0.39, 0.29) is 5.84 Å². The summed E-state index contributed by atoms with van der Waals surface area (Å²) in [6.07, 6.45) is 2.34. The number of ether oxygens (including phenoxy) is 1. The molecule has 2 rings (SSSR count). The third-order valence-electron chi connectivity index (χ3n) is 2.83. The summed E-state index contributed by atoms with van der Waals surface area (Å²) < 4.78 is 5.50. The SMILES string of the molecule is Cc1cccc(OC(C)C(=O)ON=C(N)c2cccnc2)c1. The molecule has 6 nitrogen and oxygen atoms in total. The van der Waals surface area contributed by atoms with Crippen molar-refractivity contribution in [2.24, 2.45) is 10.9 Å². The number of aromatic nitrogens is 1. The van der Waals surface area contributed by atoms with E-state index in [2.05, 4.69) is 10.1 Å². The average Bonchev–Trinajstić information content (AvgIpc) is 2.53. The first-order chi connectivity index (χ1) is 10.6. The van der Waals surface area contributed by atoms with Crippen molar-refractivity contribution in [1.29, 1.82) is 0 Å². The van der Waals surface area contributed by atoms with Gasteiger partial charge in [0.25, 0.3) is 0 Å². The maximum atomic E-state index is 11.8. The van der Waals surface area contributed by atoms with Gasteiger partial charge in [-0.15, -0.1) is 0 Å². The first-order valence-electron chi connectivity index (χ1n) is 6.74. The van der Waals surface area contributed by atoms with Gasteiger partial charge in [-0.1, -0.05) is 17.3 Å². The van der Waals surface area contributed by atoms with Crippen LogP contribution in [0.5, 0.6) is 5.75 Å². The van der Waals surface area contributed by atoms with Crippen molar-refractivity contribution in [3.8, 4) is 5.75 Å². The zero-order valence-electron chi connectivity index (χ0n) is 12.4. The second-order valence-corrected chi connectivity index (χ2v) is 4.71. The Morgan fingerprint density at radius 2 is 2.14 bits per heavy atom. The van der Waals surface area contributed by atoms with Crippen LogP contribution >= 0.6 is 0 Å². The number of carbonyl (C=O) groups is 1. The number of hydrogen-bond acceptors (Lipinski definition) is 5. The highest BCUT2D eigenvalue weighted by atomic mass is 16.7. The zero-order chi connectivity index (χ0) is 15.9. The summed E-state index contributed by atoms with van der Waals surface area (Å²) in [4.78, 5) is 20.5. The molecule has 2 N–H and O–H groups in total. The number of carbonyl (C=O) groups excluding carboxylic acids is 1. The fraction of sp³-hybridized carbons (Fsp3) is 0.188. The molecule has 1 aromatic carbocycles. The van der Waals surface area contributed by atoms with Gasteiger partial charge in [-0.25, -0.2) is 4.79 Å². The van der Waals surface area contributed by atoms with Crippen molar-refractivity contribution in [2.75, 3.05) is 0 Å². The highest BCUT2D eigenvalue weighted by molar-refractivity contribution is 5.97. The number of rotatable bonds is 5. The normalized spacial score (nSPS) is 12.5. The maximum Gasteiger partial charge on any atom is 0.374 e. The Hall–Kier alpha value is -2.89. The van der Waals surface area contributed by atoms with Gasteiger partial charge >= 0.3 is 5.97 Å². The monoisotopic (exact) mass is 299 g/mol. The summed E-state index contributed by atoms with van der Waals surface area (Å²) in [5, 5.41) is 3.60. The van der Waals surface area contributed by atoms with Crippen molar-refractivity contribution in [1.82, 2.24) is 4.98 Å². The smallest absolute Gasteiger partial charge is 0.374 e. The second-order valence-electron chi connectivity index (χ2n) is 4.71. The van der Waals surface area contributed by atoms with Crippen LogP contribution in [0.2, 0.25) is 0 Å². The van der Waals surface area contributed by atoms with Crippen molar-refractivity contribution in [2.45, 2.75) is 20.0 Å². The van der Waals surface area contributed by atoms with Crippen LogP contribution in [-0.4, -0.2) is 22.9 Å². The molecule has 0 spiro atoms. The van der Waals surface area contributed by atoms with Crippen LogP contribution < -0.4 is 10.5 Å². The Morgan fingerprint density at radius 1 is 1.32 bits per heavy atom. The molecule has 6 heteroatoms. The Bertz CT molecular complexity index is 671. The fourth-order valence-electron chi connectivity index (χ4n) is 1.68. The molecule has 0 fully saturated rings. The fourth-order valence-corrected chi connectivity index (χ4v) is 1.68. The van der Waals surface area contributed by atoms with Crippen molar-refractivity contribution < 1.29 is 14.4 Å². The molecule has 0 amide bonds. The van der Waals surface area contributed by atoms with E-state index < -0.39 is 12.1 Å². The average molecular weight is 299 g/mol. The topological polar surface area (TPSA) is 86.8 Å². The molecular formula is C16H17N3O3. The number of nitrogens with two attached hydrogens (primary N) is 1. The second kappa shape index (κ2) is 7.21. The zero-order valence-corrected chi connectivity index (χ0v) is 12.4. The van der Waals surface area contributed by atoms with Crippen LogP contribution in [0.25, 0.3) is 0 Å². The van der Waals surface area contributed by atoms with Gasteiger partial charge in [0, 0.05) is 18.0 Å². The number of oxime groups is 1. The standard InChI is InChI=1S/C16H17N3O3/c1-11-5-3-7-14(9-11)21-12(2)16(20)22-19-15(17)13-6-4-8-18-10-13/h3-10,12H,1-2H3,(H2,17,19). The Morgan fingerprint density at radius 3 is 2.82 bits per heavy atom. The van der Waals surface area contributed by atoms with E-state index in [9.17, 15) is 4.79 Å². The Balaban J connectivity index is 1.94. The lowest BCUT2D eigenvalue weighted by Gasteiger charge is -2.12. The summed E-state index contributed by atoms with van der Waals surface area (Å²) in [5.74, 6) is 0.0335. The molecule has 0 saturated carbocycles. The molecule has 2 aromatic rings. The number of nitrogens with zero attached hydrogens (tertiary/aromatic N) is 2. The van der Waals surface area contributed by atoms with Crippen LogP contribution in [0, 0.1) is 6.92 Å². The van der Waals surface area contributed by atoms with Crippen LogP contribution in [0.3, 0.4) is 0 Å². The highest BCUT2D eigenvalue weighted by Crippen LogP contribution is 2.14. The lowest BCUT2D eigenvalue weighted by atomic mass is 10.2. The Kier molecular flexibility index (Phi) is 5.08. The highest BCUT2D eigenvalue weighted by Gasteiger charge is 2.17. The number of amidine groups is 1. The number of hydrogen-bond donors (Lipinski definition) is 1. The van der Waals surface area contributed by atoms with Gasteiger partial charge in [-0.05, 0) is 43.7 Å². The van der Waals surface area contributed by atoms with Crippen molar-refractivity contribution >= 4 is 11.8 Å². The van der Waals surface area contributed by atoms with Crippen LogP contribution in [-0.2, 0) is 9.63 Å². The first-order valence-corrected chi connectivity index (χ1v) is 6.74. The Labute approximate surface area is 128 Å². The van der Waals surface area contributed by atoms with Crippen molar-refractivity contribution in [3.63, 3.8) is 0 Å². The van der Waals surface area contributed by atoms with E-state index in [4.69, 9.17) is 15.3 Å². The summed E-state index contributed by atoms with van der Waals surface area (Å²) in [6.45, 7) is 3.52. The van der Waals surface area contributed by atoms with Crippen LogP contribution in [0.15, 0.2) is 53.9 Å². The lowest BCUT2D eigenvalue weighted by Crippen LogP contribution is -2.26. The number of benzene rings is 1. The number of pyridine rings is 1. The molecule has 0 aliphatic carbocycles. The van der Waals surface area contributed by atoms with Gasteiger partial charge in [-0.2, -0.15) is 0 Å². The van der Waals surface area contributed by atoms with E-state index in [1.54, 1.807) is 31.3 Å². The third kappa shape index (κ3) is 4.31. The van der Waals surface area contributed by atoms with Crippen molar-refractivity contribution in [3.05, 3.63) is 59.9 Å². The molecule has 0 saturated heterocycles. The summed E-state index contributed by atoms with van der Waals surface area (Å²) in [5.41, 5.74) is 7.32. The molecule has 0 radical (unpaired) electrons. The maximum absolute atomic E-state index is 11.8. The molecule has 1 heterocycles. The minimum atomic E-state index is -0.799.